The largest absolute Gasteiger partial charge is 0.396 e. The molecule has 0 saturated carbocycles. The number of pyridine rings is 1. The van der Waals surface area contributed by atoms with Gasteiger partial charge in [0.05, 0.1) is 6.61 Å². The molecule has 0 radical (unpaired) electrons. The van der Waals surface area contributed by atoms with Crippen LogP contribution in [0.4, 0.5) is 0 Å². The van der Waals surface area contributed by atoms with Crippen molar-refractivity contribution < 1.29 is 10.2 Å². The number of aliphatic hydroxyl groups excluding tert-OH is 2. The lowest BCUT2D eigenvalue weighted by molar-refractivity contribution is 0.278. The maximum atomic E-state index is 9.18. The zero-order valence-corrected chi connectivity index (χ0v) is 8.43. The second-order valence-electron chi connectivity index (χ2n) is 3.46. The number of hydrogen-bond acceptors (Lipinski definition) is 3. The fourth-order valence-corrected chi connectivity index (χ4v) is 1.73. The number of hydrogen-bond donors (Lipinski definition) is 2. The highest BCUT2D eigenvalue weighted by Crippen LogP contribution is 2.19. The van der Waals surface area contributed by atoms with Gasteiger partial charge in [-0.05, 0) is 18.6 Å². The minimum absolute atomic E-state index is 0.0221. The summed E-state index contributed by atoms with van der Waals surface area (Å²) in [5.41, 5.74) is 1.76. The van der Waals surface area contributed by atoms with Gasteiger partial charge >= 0.3 is 0 Å². The zero-order valence-electron chi connectivity index (χ0n) is 8.43. The molecule has 4 heteroatoms. The number of aliphatic hydroxyl groups is 2. The number of aryl methyl sites for hydroxylation is 1. The molecule has 2 aromatic heterocycles. The number of rotatable bonds is 4. The van der Waals surface area contributed by atoms with E-state index in [4.69, 9.17) is 5.11 Å². The highest BCUT2D eigenvalue weighted by molar-refractivity contribution is 5.80. The van der Waals surface area contributed by atoms with Gasteiger partial charge in [0.2, 0.25) is 0 Å². The normalized spacial score (nSPS) is 11.1. The highest BCUT2D eigenvalue weighted by atomic mass is 16.3. The first-order chi connectivity index (χ1) is 7.36. The molecule has 0 atom stereocenters. The van der Waals surface area contributed by atoms with Gasteiger partial charge in [0.1, 0.15) is 5.65 Å². The van der Waals surface area contributed by atoms with E-state index in [2.05, 4.69) is 4.98 Å². The van der Waals surface area contributed by atoms with Crippen molar-refractivity contribution in [2.45, 2.75) is 19.6 Å². The van der Waals surface area contributed by atoms with Crippen LogP contribution < -0.4 is 0 Å². The Balaban J connectivity index is 2.45. The predicted octanol–water partition coefficient (Wildman–Crippen LogP) is 0.911. The van der Waals surface area contributed by atoms with Crippen molar-refractivity contribution in [3.05, 3.63) is 30.1 Å². The van der Waals surface area contributed by atoms with Crippen molar-refractivity contribution in [1.29, 1.82) is 0 Å². The monoisotopic (exact) mass is 206 g/mol. The minimum atomic E-state index is 0.0221. The Morgan fingerprint density at radius 1 is 1.33 bits per heavy atom. The molecule has 2 aromatic rings. The minimum Gasteiger partial charge on any atom is -0.396 e. The lowest BCUT2D eigenvalue weighted by atomic mass is 10.2. The van der Waals surface area contributed by atoms with Gasteiger partial charge in [-0.3, -0.25) is 0 Å². The molecule has 0 spiro atoms. The summed E-state index contributed by atoms with van der Waals surface area (Å²) >= 11 is 0. The number of fused-ring (bicyclic) bond motifs is 1. The zero-order chi connectivity index (χ0) is 10.7. The van der Waals surface area contributed by atoms with Crippen LogP contribution in [0.2, 0.25) is 0 Å². The number of nitrogens with zero attached hydrogens (tertiary/aromatic N) is 2. The van der Waals surface area contributed by atoms with E-state index in [-0.39, 0.29) is 13.2 Å². The molecule has 0 amide bonds. The van der Waals surface area contributed by atoms with Crippen LogP contribution in [-0.4, -0.2) is 26.4 Å². The van der Waals surface area contributed by atoms with E-state index in [1.54, 1.807) is 6.20 Å². The second-order valence-corrected chi connectivity index (χ2v) is 3.46. The van der Waals surface area contributed by atoms with Crippen LogP contribution in [0.5, 0.6) is 0 Å². The van der Waals surface area contributed by atoms with Gasteiger partial charge in [0.15, 0.2) is 0 Å². The Morgan fingerprint density at radius 2 is 2.20 bits per heavy atom. The van der Waals surface area contributed by atoms with Crippen LogP contribution in [0.3, 0.4) is 0 Å². The third-order valence-electron chi connectivity index (χ3n) is 2.44. The van der Waals surface area contributed by atoms with Crippen molar-refractivity contribution in [2.24, 2.45) is 0 Å². The lowest BCUT2D eigenvalue weighted by Crippen LogP contribution is -1.99. The van der Waals surface area contributed by atoms with Crippen LogP contribution >= 0.6 is 0 Å². The first-order valence-electron chi connectivity index (χ1n) is 5.01. The van der Waals surface area contributed by atoms with Crippen molar-refractivity contribution in [1.82, 2.24) is 9.55 Å². The third kappa shape index (κ3) is 1.86. The molecule has 4 nitrogen and oxygen atoms in total. The van der Waals surface area contributed by atoms with E-state index >= 15 is 0 Å². The number of aromatic nitrogens is 2. The van der Waals surface area contributed by atoms with Crippen molar-refractivity contribution >= 4 is 11.0 Å². The maximum absolute atomic E-state index is 9.18. The molecule has 2 heterocycles. The molecule has 2 rings (SSSR count). The average molecular weight is 206 g/mol. The molecule has 2 N–H and O–H groups in total. The Labute approximate surface area is 87.8 Å². The summed E-state index contributed by atoms with van der Waals surface area (Å²) in [4.78, 5) is 4.27. The van der Waals surface area contributed by atoms with Gasteiger partial charge in [0.25, 0.3) is 0 Å². The summed E-state index contributed by atoms with van der Waals surface area (Å²) in [5, 5.41) is 18.9. The first kappa shape index (κ1) is 10.1. The lowest BCUT2D eigenvalue weighted by Gasteiger charge is -2.01. The van der Waals surface area contributed by atoms with Crippen LogP contribution in [0.1, 0.15) is 12.0 Å². The molecule has 0 bridgehead atoms. The van der Waals surface area contributed by atoms with Crippen LogP contribution in [0.15, 0.2) is 24.5 Å². The van der Waals surface area contributed by atoms with Gasteiger partial charge < -0.3 is 14.8 Å². The van der Waals surface area contributed by atoms with E-state index in [1.165, 1.54) is 0 Å². The molecule has 0 aliphatic carbocycles. The van der Waals surface area contributed by atoms with Crippen LogP contribution in [0, 0.1) is 0 Å². The van der Waals surface area contributed by atoms with Gasteiger partial charge in [-0.15, -0.1) is 0 Å². The highest BCUT2D eigenvalue weighted by Gasteiger charge is 2.07. The summed E-state index contributed by atoms with van der Waals surface area (Å²) in [6.45, 7) is 0.916. The Bertz CT molecular complexity index is 451. The maximum Gasteiger partial charge on any atom is 0.140 e. The quantitative estimate of drug-likeness (QED) is 0.781. The summed E-state index contributed by atoms with van der Waals surface area (Å²) in [6.07, 6.45) is 4.33. The van der Waals surface area contributed by atoms with Gasteiger partial charge in [-0.2, -0.15) is 0 Å². The first-order valence-corrected chi connectivity index (χ1v) is 5.01. The Kier molecular flexibility index (Phi) is 2.99. The SMILES string of the molecule is OCCCn1cc(CO)c2cccnc21. The Morgan fingerprint density at radius 3 is 2.93 bits per heavy atom. The molecule has 0 aliphatic heterocycles. The fraction of sp³-hybridized carbons (Fsp3) is 0.364. The molecular formula is C11H14N2O2. The smallest absolute Gasteiger partial charge is 0.140 e. The van der Waals surface area contributed by atoms with Crippen molar-refractivity contribution in [3.8, 4) is 0 Å². The van der Waals surface area contributed by atoms with E-state index in [9.17, 15) is 5.11 Å². The standard InChI is InChI=1S/C11H14N2O2/c14-6-2-5-13-7-9(8-15)10-3-1-4-12-11(10)13/h1,3-4,7,14-15H,2,5-6,8H2. The molecule has 0 saturated heterocycles. The molecule has 15 heavy (non-hydrogen) atoms. The van der Waals surface area contributed by atoms with E-state index < -0.39 is 0 Å². The van der Waals surface area contributed by atoms with Crippen LogP contribution in [-0.2, 0) is 13.2 Å². The molecule has 0 aliphatic rings. The topological polar surface area (TPSA) is 58.3 Å². The molecular weight excluding hydrogens is 192 g/mol. The van der Waals surface area contributed by atoms with Gasteiger partial charge in [0, 0.05) is 36.5 Å². The Hall–Kier alpha value is -1.39. The second kappa shape index (κ2) is 4.42. The summed E-state index contributed by atoms with van der Waals surface area (Å²) in [5.74, 6) is 0. The summed E-state index contributed by atoms with van der Waals surface area (Å²) < 4.78 is 1.97. The molecule has 0 fully saturated rings. The van der Waals surface area contributed by atoms with Crippen molar-refractivity contribution in [2.75, 3.05) is 6.61 Å². The van der Waals surface area contributed by atoms with Crippen LogP contribution in [0.25, 0.3) is 11.0 Å². The predicted molar refractivity (Wildman–Crippen MR) is 57.4 cm³/mol. The van der Waals surface area contributed by atoms with Crippen molar-refractivity contribution in [3.63, 3.8) is 0 Å². The molecule has 0 unspecified atom stereocenters. The fourth-order valence-electron chi connectivity index (χ4n) is 1.73. The summed E-state index contributed by atoms with van der Waals surface area (Å²) in [7, 11) is 0. The molecule has 0 aromatic carbocycles. The van der Waals surface area contributed by atoms with Gasteiger partial charge in [-0.1, -0.05) is 0 Å². The van der Waals surface area contributed by atoms with E-state index in [0.717, 1.165) is 23.1 Å². The summed E-state index contributed by atoms with van der Waals surface area (Å²) in [6, 6.07) is 3.81. The van der Waals surface area contributed by atoms with E-state index in [1.807, 2.05) is 22.9 Å². The molecule has 80 valence electrons. The van der Waals surface area contributed by atoms with E-state index in [0.29, 0.717) is 6.42 Å². The third-order valence-corrected chi connectivity index (χ3v) is 2.44. The average Bonchev–Trinajstić information content (AvgIpc) is 2.65. The van der Waals surface area contributed by atoms with Gasteiger partial charge in [-0.25, -0.2) is 4.98 Å².